The van der Waals surface area contributed by atoms with E-state index in [1.807, 2.05) is 0 Å². The number of hydrogen-bond donors (Lipinski definition) is 0. The van der Waals surface area contributed by atoms with Crippen molar-refractivity contribution in [2.75, 3.05) is 0 Å². The monoisotopic (exact) mass is 346 g/mol. The predicted octanol–water partition coefficient (Wildman–Crippen LogP) is 6.82. The van der Waals surface area contributed by atoms with Gasteiger partial charge in [0.15, 0.2) is 0 Å². The maximum absolute atomic E-state index is 2.35. The molecule has 0 fully saturated rings. The minimum atomic E-state index is 0.952. The van der Waals surface area contributed by atoms with E-state index in [0.29, 0.717) is 0 Å². The Morgan fingerprint density at radius 2 is 0.852 bits per heavy atom. The molecule has 0 aliphatic heterocycles. The molecule has 4 aromatic carbocycles. The molecule has 1 aliphatic rings. The van der Waals surface area contributed by atoms with Crippen molar-refractivity contribution in [1.82, 2.24) is 0 Å². The topological polar surface area (TPSA) is 0 Å². The van der Waals surface area contributed by atoms with E-state index in [9.17, 15) is 0 Å². The van der Waals surface area contributed by atoms with Crippen LogP contribution in [0.5, 0.6) is 0 Å². The van der Waals surface area contributed by atoms with Gasteiger partial charge in [-0.2, -0.15) is 0 Å². The van der Waals surface area contributed by atoms with E-state index in [4.69, 9.17) is 0 Å². The number of hydrogen-bond acceptors (Lipinski definition) is 0. The first-order valence-electron chi connectivity index (χ1n) is 9.63. The molecule has 0 unspecified atom stereocenters. The van der Waals surface area contributed by atoms with Gasteiger partial charge in [0.25, 0.3) is 0 Å². The molecule has 0 heterocycles. The highest BCUT2D eigenvalue weighted by atomic mass is 14.2. The molecule has 130 valence electrons. The van der Waals surface area contributed by atoms with Crippen LogP contribution in [0.1, 0.15) is 27.8 Å². The van der Waals surface area contributed by atoms with Crippen LogP contribution in [0.4, 0.5) is 0 Å². The van der Waals surface area contributed by atoms with Crippen LogP contribution < -0.4 is 0 Å². The third kappa shape index (κ3) is 2.88. The average molecular weight is 346 g/mol. The van der Waals surface area contributed by atoms with E-state index in [1.165, 1.54) is 50.1 Å². The lowest BCUT2D eigenvalue weighted by Crippen LogP contribution is -2.02. The van der Waals surface area contributed by atoms with Gasteiger partial charge in [-0.25, -0.2) is 0 Å². The number of fused-ring (bicyclic) bond motifs is 6. The van der Waals surface area contributed by atoms with Gasteiger partial charge in [0.05, 0.1) is 0 Å². The lowest BCUT2D eigenvalue weighted by Gasteiger charge is -2.21. The fourth-order valence-electron chi connectivity index (χ4n) is 4.32. The van der Waals surface area contributed by atoms with Gasteiger partial charge in [-0.05, 0) is 64.3 Å². The van der Waals surface area contributed by atoms with Gasteiger partial charge >= 0.3 is 0 Å². The van der Waals surface area contributed by atoms with Crippen LogP contribution in [-0.4, -0.2) is 0 Å². The minimum absolute atomic E-state index is 0.952. The highest BCUT2D eigenvalue weighted by Gasteiger charge is 2.17. The minimum Gasteiger partial charge on any atom is -0.0619 e. The number of aryl methyl sites for hydroxylation is 1. The van der Waals surface area contributed by atoms with Gasteiger partial charge in [-0.3, -0.25) is 0 Å². The summed E-state index contributed by atoms with van der Waals surface area (Å²) in [7, 11) is 0. The SMILES string of the molecule is Cc1ccc2c(c1)-c1ccccc1Cc1ccccc1-c1ccccc1C2. The van der Waals surface area contributed by atoms with E-state index in [-0.39, 0.29) is 0 Å². The van der Waals surface area contributed by atoms with Gasteiger partial charge < -0.3 is 0 Å². The smallest absolute Gasteiger partial charge is 0.00135 e. The van der Waals surface area contributed by atoms with Crippen molar-refractivity contribution in [3.05, 3.63) is 119 Å². The molecule has 0 spiro atoms. The summed E-state index contributed by atoms with van der Waals surface area (Å²) in [6.07, 6.45) is 1.91. The van der Waals surface area contributed by atoms with Crippen molar-refractivity contribution in [2.24, 2.45) is 0 Å². The van der Waals surface area contributed by atoms with Gasteiger partial charge in [-0.1, -0.05) is 96.6 Å². The third-order valence-corrected chi connectivity index (χ3v) is 5.66. The number of benzene rings is 4. The van der Waals surface area contributed by atoms with Crippen LogP contribution >= 0.6 is 0 Å². The Labute approximate surface area is 161 Å². The zero-order valence-electron chi connectivity index (χ0n) is 15.6. The second-order valence-corrected chi connectivity index (χ2v) is 7.49. The van der Waals surface area contributed by atoms with Crippen LogP contribution in [0.25, 0.3) is 22.3 Å². The molecule has 0 bridgehead atoms. The summed E-state index contributed by atoms with van der Waals surface area (Å²) in [6, 6.07) is 33.5. The Bertz CT molecular complexity index is 1130. The Morgan fingerprint density at radius 1 is 0.444 bits per heavy atom. The van der Waals surface area contributed by atoms with Crippen molar-refractivity contribution < 1.29 is 0 Å². The lowest BCUT2D eigenvalue weighted by atomic mass is 9.83. The molecule has 27 heavy (non-hydrogen) atoms. The largest absolute Gasteiger partial charge is 0.0619 e. The summed E-state index contributed by atoms with van der Waals surface area (Å²) < 4.78 is 0. The molecule has 0 aromatic heterocycles. The number of rotatable bonds is 0. The zero-order valence-corrected chi connectivity index (χ0v) is 15.6. The summed E-state index contributed by atoms with van der Waals surface area (Å²) in [4.78, 5) is 0. The van der Waals surface area contributed by atoms with Crippen molar-refractivity contribution in [1.29, 1.82) is 0 Å². The fourth-order valence-corrected chi connectivity index (χ4v) is 4.32. The van der Waals surface area contributed by atoms with Gasteiger partial charge in [-0.15, -0.1) is 0 Å². The maximum atomic E-state index is 2.35. The maximum Gasteiger partial charge on any atom is -0.00135 e. The summed E-state index contributed by atoms with van der Waals surface area (Å²) >= 11 is 0. The van der Waals surface area contributed by atoms with E-state index >= 15 is 0 Å². The standard InChI is InChI=1S/C27H22/c1-19-14-15-23-18-21-9-3-6-12-25(21)24-11-5-2-8-20(24)17-22-10-4-7-13-26(22)27(23)16-19/h2-16H,17-18H2,1H3. The lowest BCUT2D eigenvalue weighted by molar-refractivity contribution is 1.14. The van der Waals surface area contributed by atoms with Crippen LogP contribution in [0, 0.1) is 6.92 Å². The summed E-state index contributed by atoms with van der Waals surface area (Å²) in [6.45, 7) is 2.19. The average Bonchev–Trinajstić information content (AvgIpc) is 2.71. The first-order chi connectivity index (χ1) is 13.3. The quantitative estimate of drug-likeness (QED) is 0.288. The molecular formula is C27H22. The van der Waals surface area contributed by atoms with E-state index < -0.39 is 0 Å². The zero-order chi connectivity index (χ0) is 18.2. The van der Waals surface area contributed by atoms with Gasteiger partial charge in [0.2, 0.25) is 0 Å². The molecule has 0 saturated carbocycles. The normalized spacial score (nSPS) is 12.3. The fraction of sp³-hybridized carbons (Fsp3) is 0.111. The van der Waals surface area contributed by atoms with Crippen LogP contribution in [0.15, 0.2) is 91.0 Å². The molecule has 5 rings (SSSR count). The van der Waals surface area contributed by atoms with E-state index in [2.05, 4.69) is 97.9 Å². The third-order valence-electron chi connectivity index (χ3n) is 5.66. The van der Waals surface area contributed by atoms with E-state index in [0.717, 1.165) is 12.8 Å². The van der Waals surface area contributed by atoms with Crippen LogP contribution in [0.2, 0.25) is 0 Å². The molecule has 4 aromatic rings. The van der Waals surface area contributed by atoms with E-state index in [1.54, 1.807) is 0 Å². The molecule has 1 aliphatic carbocycles. The summed E-state index contributed by atoms with van der Waals surface area (Å²) in [5.74, 6) is 0. The molecule has 0 N–H and O–H groups in total. The molecule has 0 saturated heterocycles. The highest BCUT2D eigenvalue weighted by molar-refractivity contribution is 5.77. The van der Waals surface area contributed by atoms with Crippen molar-refractivity contribution in [3.63, 3.8) is 0 Å². The van der Waals surface area contributed by atoms with Gasteiger partial charge in [0.1, 0.15) is 0 Å². The predicted molar refractivity (Wildman–Crippen MR) is 114 cm³/mol. The molecule has 0 radical (unpaired) electrons. The van der Waals surface area contributed by atoms with Crippen molar-refractivity contribution in [3.8, 4) is 22.3 Å². The first kappa shape index (κ1) is 16.1. The first-order valence-corrected chi connectivity index (χ1v) is 9.63. The molecule has 0 heteroatoms. The Hall–Kier alpha value is -3.12. The highest BCUT2D eigenvalue weighted by Crippen LogP contribution is 2.37. The van der Waals surface area contributed by atoms with Gasteiger partial charge in [0, 0.05) is 0 Å². The Balaban J connectivity index is 1.84. The molecule has 0 amide bonds. The summed E-state index contributed by atoms with van der Waals surface area (Å²) in [5, 5.41) is 0. The summed E-state index contributed by atoms with van der Waals surface area (Å²) in [5.41, 5.74) is 12.4. The molecule has 0 nitrogen and oxygen atoms in total. The Kier molecular flexibility index (Phi) is 3.90. The van der Waals surface area contributed by atoms with Crippen LogP contribution in [0.3, 0.4) is 0 Å². The van der Waals surface area contributed by atoms with Crippen molar-refractivity contribution >= 4 is 0 Å². The van der Waals surface area contributed by atoms with Crippen LogP contribution in [-0.2, 0) is 12.8 Å². The molecule has 0 atom stereocenters. The second-order valence-electron chi connectivity index (χ2n) is 7.49. The second kappa shape index (κ2) is 6.55. The Morgan fingerprint density at radius 3 is 1.37 bits per heavy atom. The molecular weight excluding hydrogens is 324 g/mol. The van der Waals surface area contributed by atoms with Crippen molar-refractivity contribution in [2.45, 2.75) is 19.8 Å².